The van der Waals surface area contributed by atoms with Crippen molar-refractivity contribution in [1.29, 1.82) is 0 Å². The third-order valence-electron chi connectivity index (χ3n) is 5.23. The normalized spacial score (nSPS) is 12.9. The largest absolute Gasteiger partial charge is 0.457 e. The number of benzene rings is 3. The number of aryl methyl sites for hydroxylation is 1. The number of H-pyrrole nitrogens is 1. The molecule has 3 aromatic carbocycles. The van der Waals surface area contributed by atoms with Crippen molar-refractivity contribution < 1.29 is 9.53 Å². The molecule has 28 heavy (non-hydrogen) atoms. The van der Waals surface area contributed by atoms with Crippen molar-refractivity contribution in [3.05, 3.63) is 95.2 Å². The maximum atomic E-state index is 13.2. The van der Waals surface area contributed by atoms with Gasteiger partial charge >= 0.3 is 0 Å². The number of hydrogen-bond acceptors (Lipinski definition) is 2. The molecule has 1 aliphatic rings. The Morgan fingerprint density at radius 3 is 2.36 bits per heavy atom. The first-order valence-electron chi connectivity index (χ1n) is 9.41. The van der Waals surface area contributed by atoms with E-state index in [4.69, 9.17) is 4.74 Å². The van der Waals surface area contributed by atoms with Crippen molar-refractivity contribution in [3.63, 3.8) is 0 Å². The second kappa shape index (κ2) is 6.57. The number of aromatic nitrogens is 1. The van der Waals surface area contributed by atoms with Gasteiger partial charge in [0.1, 0.15) is 11.5 Å². The van der Waals surface area contributed by atoms with Gasteiger partial charge in [-0.05, 0) is 48.2 Å². The molecule has 0 bridgehead atoms. The fourth-order valence-corrected chi connectivity index (χ4v) is 3.92. The number of ether oxygens (including phenoxy) is 1. The zero-order valence-corrected chi connectivity index (χ0v) is 15.5. The molecule has 5 rings (SSSR count). The van der Waals surface area contributed by atoms with Crippen LogP contribution in [0.2, 0.25) is 0 Å². The van der Waals surface area contributed by atoms with Gasteiger partial charge in [0.05, 0.1) is 5.92 Å². The molecule has 2 heterocycles. The lowest BCUT2D eigenvalue weighted by Gasteiger charge is -2.27. The number of amides is 1. The Bertz CT molecular complexity index is 1150. The van der Waals surface area contributed by atoms with E-state index >= 15 is 0 Å². The predicted molar refractivity (Wildman–Crippen MR) is 110 cm³/mol. The van der Waals surface area contributed by atoms with Gasteiger partial charge in [0.25, 0.3) is 0 Å². The highest BCUT2D eigenvalue weighted by atomic mass is 16.5. The molecule has 4 nitrogen and oxygen atoms in total. The second-order valence-electron chi connectivity index (χ2n) is 7.20. The van der Waals surface area contributed by atoms with E-state index in [1.165, 1.54) is 0 Å². The number of rotatable bonds is 3. The summed E-state index contributed by atoms with van der Waals surface area (Å²) >= 11 is 0. The fourth-order valence-electron chi connectivity index (χ4n) is 3.92. The molecular formula is C24H20N2O2. The number of aromatic amines is 1. The van der Waals surface area contributed by atoms with Crippen LogP contribution in [0.1, 0.15) is 28.3 Å². The van der Waals surface area contributed by atoms with Gasteiger partial charge in [0, 0.05) is 28.9 Å². The van der Waals surface area contributed by atoms with E-state index in [0.717, 1.165) is 44.8 Å². The molecule has 0 unspecified atom stereocenters. The van der Waals surface area contributed by atoms with Gasteiger partial charge in [-0.1, -0.05) is 42.5 Å². The Kier molecular flexibility index (Phi) is 3.90. The van der Waals surface area contributed by atoms with Crippen molar-refractivity contribution in [2.24, 2.45) is 0 Å². The molecule has 0 saturated heterocycles. The van der Waals surface area contributed by atoms with Crippen LogP contribution in [0, 0.1) is 6.92 Å². The minimum Gasteiger partial charge on any atom is -0.457 e. The lowest BCUT2D eigenvalue weighted by molar-refractivity contribution is -0.122. The molecule has 0 saturated carbocycles. The fraction of sp³-hybridized carbons (Fsp3) is 0.125. The van der Waals surface area contributed by atoms with Crippen molar-refractivity contribution in [1.82, 2.24) is 10.3 Å². The summed E-state index contributed by atoms with van der Waals surface area (Å²) in [6, 6.07) is 23.8. The second-order valence-corrected chi connectivity index (χ2v) is 7.20. The molecule has 0 spiro atoms. The lowest BCUT2D eigenvalue weighted by Crippen LogP contribution is -2.31. The van der Waals surface area contributed by atoms with E-state index in [1.54, 1.807) is 0 Å². The average molecular weight is 368 g/mol. The minimum atomic E-state index is -0.376. The highest BCUT2D eigenvalue weighted by Gasteiger charge is 2.32. The number of nitrogens with one attached hydrogen (secondary N) is 2. The molecule has 0 atom stereocenters. The topological polar surface area (TPSA) is 54.1 Å². The minimum absolute atomic E-state index is 0.0199. The highest BCUT2D eigenvalue weighted by molar-refractivity contribution is 5.89. The summed E-state index contributed by atoms with van der Waals surface area (Å²) in [5.41, 5.74) is 5.12. The van der Waals surface area contributed by atoms with Crippen LogP contribution < -0.4 is 10.1 Å². The summed E-state index contributed by atoms with van der Waals surface area (Å²) in [4.78, 5) is 16.5. The first kappa shape index (κ1) is 16.6. The number of para-hydroxylation sites is 2. The monoisotopic (exact) mass is 368 g/mol. The number of carbonyl (C=O) groups excluding carboxylic acids is 1. The lowest BCUT2D eigenvalue weighted by atomic mass is 9.87. The predicted octanol–water partition coefficient (Wildman–Crippen LogP) is 5.03. The molecule has 0 fully saturated rings. The molecule has 0 aliphatic carbocycles. The summed E-state index contributed by atoms with van der Waals surface area (Å²) in [6.07, 6.45) is 0. The molecule has 4 heteroatoms. The third kappa shape index (κ3) is 2.83. The van der Waals surface area contributed by atoms with Gasteiger partial charge < -0.3 is 15.0 Å². The van der Waals surface area contributed by atoms with Crippen LogP contribution in [-0.2, 0) is 11.3 Å². The molecule has 1 aliphatic heterocycles. The average Bonchev–Trinajstić information content (AvgIpc) is 3.09. The highest BCUT2D eigenvalue weighted by Crippen LogP contribution is 2.43. The summed E-state index contributed by atoms with van der Waals surface area (Å²) < 4.78 is 5.99. The van der Waals surface area contributed by atoms with Crippen molar-refractivity contribution in [2.75, 3.05) is 0 Å². The Hall–Kier alpha value is -3.53. The van der Waals surface area contributed by atoms with Crippen LogP contribution in [0.15, 0.2) is 72.8 Å². The van der Waals surface area contributed by atoms with Gasteiger partial charge in [0.15, 0.2) is 0 Å². The molecule has 1 amide bonds. The van der Waals surface area contributed by atoms with E-state index in [1.807, 2.05) is 61.5 Å². The van der Waals surface area contributed by atoms with Crippen molar-refractivity contribution >= 4 is 16.8 Å². The van der Waals surface area contributed by atoms with E-state index in [9.17, 15) is 4.79 Å². The smallest absolute Gasteiger partial charge is 0.232 e. The summed E-state index contributed by atoms with van der Waals surface area (Å²) in [6.45, 7) is 2.53. The van der Waals surface area contributed by atoms with E-state index in [-0.39, 0.29) is 11.8 Å². The first-order valence-corrected chi connectivity index (χ1v) is 9.41. The summed E-state index contributed by atoms with van der Waals surface area (Å²) in [5.74, 6) is 1.09. The summed E-state index contributed by atoms with van der Waals surface area (Å²) in [5, 5.41) is 4.28. The number of fused-ring (bicyclic) bond motifs is 3. The first-order chi connectivity index (χ1) is 13.7. The Balaban J connectivity index is 1.43. The molecule has 4 aromatic rings. The van der Waals surface area contributed by atoms with Crippen molar-refractivity contribution in [3.8, 4) is 11.5 Å². The van der Waals surface area contributed by atoms with Gasteiger partial charge in [-0.3, -0.25) is 4.79 Å². The van der Waals surface area contributed by atoms with Gasteiger partial charge in [-0.25, -0.2) is 0 Å². The van der Waals surface area contributed by atoms with E-state index < -0.39 is 0 Å². The maximum absolute atomic E-state index is 13.2. The van der Waals surface area contributed by atoms with Crippen LogP contribution >= 0.6 is 0 Å². The Morgan fingerprint density at radius 1 is 0.964 bits per heavy atom. The van der Waals surface area contributed by atoms with Crippen LogP contribution in [0.3, 0.4) is 0 Å². The SMILES string of the molecule is Cc1cc2cc(CNC(=O)C3c4ccccc4Oc4ccccc43)ccc2[nH]1. The summed E-state index contributed by atoms with van der Waals surface area (Å²) in [7, 11) is 0. The van der Waals surface area contributed by atoms with Gasteiger partial charge in [-0.15, -0.1) is 0 Å². The van der Waals surface area contributed by atoms with Crippen LogP contribution in [0.5, 0.6) is 11.5 Å². The van der Waals surface area contributed by atoms with Crippen molar-refractivity contribution in [2.45, 2.75) is 19.4 Å². The molecule has 2 N–H and O–H groups in total. The van der Waals surface area contributed by atoms with E-state index in [0.29, 0.717) is 6.54 Å². The molecule has 1 aromatic heterocycles. The Labute approximate surface area is 163 Å². The van der Waals surface area contributed by atoms with Crippen LogP contribution in [0.25, 0.3) is 10.9 Å². The maximum Gasteiger partial charge on any atom is 0.232 e. The quantitative estimate of drug-likeness (QED) is 0.533. The van der Waals surface area contributed by atoms with Crippen LogP contribution in [-0.4, -0.2) is 10.9 Å². The van der Waals surface area contributed by atoms with E-state index in [2.05, 4.69) is 28.5 Å². The van der Waals surface area contributed by atoms with Gasteiger partial charge in [0.2, 0.25) is 5.91 Å². The zero-order chi connectivity index (χ0) is 19.1. The molecule has 138 valence electrons. The molecule has 0 radical (unpaired) electrons. The third-order valence-corrected chi connectivity index (χ3v) is 5.23. The van der Waals surface area contributed by atoms with Gasteiger partial charge in [-0.2, -0.15) is 0 Å². The number of carbonyl (C=O) groups is 1. The molecular weight excluding hydrogens is 348 g/mol. The Morgan fingerprint density at radius 2 is 1.64 bits per heavy atom. The standard InChI is InChI=1S/C24H20N2O2/c1-15-12-17-13-16(10-11-20(17)26-15)14-25-24(27)23-18-6-2-4-8-21(18)28-22-9-5-3-7-19(22)23/h2-13,23,26H,14H2,1H3,(H,25,27). The zero-order valence-electron chi connectivity index (χ0n) is 15.5. The van der Waals surface area contributed by atoms with Crippen LogP contribution in [0.4, 0.5) is 0 Å². The number of hydrogen-bond donors (Lipinski definition) is 2.